The number of benzene rings is 1. The smallest absolute Gasteiger partial charge is 0.409 e. The Bertz CT molecular complexity index is 747. The van der Waals surface area contributed by atoms with Crippen LogP contribution >= 0.6 is 0 Å². The first kappa shape index (κ1) is 16.3. The van der Waals surface area contributed by atoms with Crippen molar-refractivity contribution >= 4 is 23.1 Å². The molecule has 7 heteroatoms. The molecule has 0 atom stereocenters. The maximum atomic E-state index is 12.5. The first-order valence-corrected chi connectivity index (χ1v) is 8.12. The molecule has 1 saturated heterocycles. The number of nitrogens with zero attached hydrogens (tertiary/aromatic N) is 3. The van der Waals surface area contributed by atoms with Crippen LogP contribution < -0.4 is 0 Å². The summed E-state index contributed by atoms with van der Waals surface area (Å²) in [7, 11) is 0. The molecule has 0 N–H and O–H groups in total. The van der Waals surface area contributed by atoms with E-state index in [1.807, 2.05) is 18.2 Å². The lowest BCUT2D eigenvalue weighted by atomic mass is 10.1. The Morgan fingerprint density at radius 3 is 2.62 bits per heavy atom. The number of ether oxygens (including phenoxy) is 1. The van der Waals surface area contributed by atoms with Crippen LogP contribution in [0.25, 0.3) is 11.1 Å². The molecule has 0 saturated carbocycles. The minimum absolute atomic E-state index is 0.0501. The van der Waals surface area contributed by atoms with E-state index in [0.717, 1.165) is 11.1 Å². The topological polar surface area (TPSA) is 75.9 Å². The minimum atomic E-state index is -0.310. The Kier molecular flexibility index (Phi) is 4.69. The molecule has 1 aliphatic rings. The predicted molar refractivity (Wildman–Crippen MR) is 87.6 cm³/mol. The molecule has 2 heterocycles. The molecule has 1 fully saturated rings. The summed E-state index contributed by atoms with van der Waals surface area (Å²) in [5.41, 5.74) is 2.40. The van der Waals surface area contributed by atoms with E-state index >= 15 is 0 Å². The Morgan fingerprint density at radius 2 is 1.92 bits per heavy atom. The number of hydrogen-bond donors (Lipinski definition) is 0. The molecule has 2 amide bonds. The van der Waals surface area contributed by atoms with Gasteiger partial charge in [0, 0.05) is 33.1 Å². The van der Waals surface area contributed by atoms with Gasteiger partial charge in [0.05, 0.1) is 13.0 Å². The molecule has 0 radical (unpaired) electrons. The number of piperazine rings is 1. The molecule has 0 bridgehead atoms. The Labute approximate surface area is 140 Å². The predicted octanol–water partition coefficient (Wildman–Crippen LogP) is 1.98. The lowest BCUT2D eigenvalue weighted by Crippen LogP contribution is -2.51. The van der Waals surface area contributed by atoms with E-state index in [9.17, 15) is 9.59 Å². The number of fused-ring (bicyclic) bond motifs is 1. The number of amides is 2. The zero-order valence-electron chi connectivity index (χ0n) is 13.9. The lowest BCUT2D eigenvalue weighted by Gasteiger charge is -2.34. The first-order chi connectivity index (χ1) is 11.6. The standard InChI is InChI=1S/C17H21N3O4/c1-3-23-17(22)20-8-6-19(7-9-20)16(21)11-13-4-5-14-15(10-13)24-12(2)18-14/h4-5,10H,3,6-9,11H2,1-2H3. The summed E-state index contributed by atoms with van der Waals surface area (Å²) >= 11 is 0. The normalized spacial score (nSPS) is 14.9. The van der Waals surface area contributed by atoms with Crippen molar-refractivity contribution in [1.29, 1.82) is 0 Å². The molecule has 1 aromatic heterocycles. The van der Waals surface area contributed by atoms with Crippen molar-refractivity contribution in [3.05, 3.63) is 29.7 Å². The average molecular weight is 331 g/mol. The largest absolute Gasteiger partial charge is 0.450 e. The molecule has 0 aliphatic carbocycles. The van der Waals surface area contributed by atoms with Crippen LogP contribution in [0.4, 0.5) is 4.79 Å². The van der Waals surface area contributed by atoms with Crippen molar-refractivity contribution in [2.24, 2.45) is 0 Å². The van der Waals surface area contributed by atoms with Gasteiger partial charge in [-0.2, -0.15) is 0 Å². The van der Waals surface area contributed by atoms with Crippen LogP contribution in [0, 0.1) is 6.92 Å². The molecule has 3 rings (SSSR count). The molecule has 7 nitrogen and oxygen atoms in total. The van der Waals surface area contributed by atoms with Gasteiger partial charge >= 0.3 is 6.09 Å². The Hall–Kier alpha value is -2.57. The average Bonchev–Trinajstić information content (AvgIpc) is 2.94. The zero-order chi connectivity index (χ0) is 17.1. The summed E-state index contributed by atoms with van der Waals surface area (Å²) in [6, 6.07) is 5.63. The second-order valence-corrected chi connectivity index (χ2v) is 5.78. The van der Waals surface area contributed by atoms with Crippen LogP contribution in [-0.4, -0.2) is 59.6 Å². The van der Waals surface area contributed by atoms with Crippen molar-refractivity contribution in [3.8, 4) is 0 Å². The highest BCUT2D eigenvalue weighted by Gasteiger charge is 2.24. The van der Waals surface area contributed by atoms with Gasteiger partial charge in [-0.1, -0.05) is 6.07 Å². The summed E-state index contributed by atoms with van der Waals surface area (Å²) in [6.45, 7) is 6.01. The van der Waals surface area contributed by atoms with Crippen molar-refractivity contribution in [3.63, 3.8) is 0 Å². The fourth-order valence-corrected chi connectivity index (χ4v) is 2.83. The van der Waals surface area contributed by atoms with Gasteiger partial charge in [0.2, 0.25) is 5.91 Å². The summed E-state index contributed by atoms with van der Waals surface area (Å²) in [6.07, 6.45) is 0.00508. The molecular weight excluding hydrogens is 310 g/mol. The summed E-state index contributed by atoms with van der Waals surface area (Å²) in [4.78, 5) is 31.8. The monoisotopic (exact) mass is 331 g/mol. The number of oxazole rings is 1. The number of carbonyl (C=O) groups is 2. The van der Waals surface area contributed by atoms with Gasteiger partial charge in [0.1, 0.15) is 5.52 Å². The van der Waals surface area contributed by atoms with Gasteiger partial charge in [0.15, 0.2) is 11.5 Å². The fraction of sp³-hybridized carbons (Fsp3) is 0.471. The Balaban J connectivity index is 1.58. The summed E-state index contributed by atoms with van der Waals surface area (Å²) in [5.74, 6) is 0.664. The van der Waals surface area contributed by atoms with Crippen LogP contribution in [0.2, 0.25) is 0 Å². The summed E-state index contributed by atoms with van der Waals surface area (Å²) in [5, 5.41) is 0. The molecule has 2 aromatic rings. The zero-order valence-corrected chi connectivity index (χ0v) is 13.9. The van der Waals surface area contributed by atoms with E-state index in [1.54, 1.807) is 23.6 Å². The van der Waals surface area contributed by atoms with Crippen molar-refractivity contribution in [1.82, 2.24) is 14.8 Å². The van der Waals surface area contributed by atoms with Crippen molar-refractivity contribution < 1.29 is 18.7 Å². The van der Waals surface area contributed by atoms with E-state index in [-0.39, 0.29) is 12.0 Å². The number of aryl methyl sites for hydroxylation is 1. The SMILES string of the molecule is CCOC(=O)N1CCN(C(=O)Cc2ccc3nc(C)oc3c2)CC1. The van der Waals surface area contributed by atoms with Crippen LogP contribution in [-0.2, 0) is 16.0 Å². The molecule has 1 aromatic carbocycles. The molecule has 0 unspecified atom stereocenters. The second-order valence-electron chi connectivity index (χ2n) is 5.78. The van der Waals surface area contributed by atoms with Crippen molar-refractivity contribution in [2.45, 2.75) is 20.3 Å². The Morgan fingerprint density at radius 1 is 1.21 bits per heavy atom. The van der Waals surface area contributed by atoms with E-state index in [2.05, 4.69) is 4.98 Å². The number of carbonyl (C=O) groups excluding carboxylic acids is 2. The highest BCUT2D eigenvalue weighted by atomic mass is 16.6. The first-order valence-electron chi connectivity index (χ1n) is 8.12. The maximum absolute atomic E-state index is 12.5. The van der Waals surface area contributed by atoms with Gasteiger partial charge in [0.25, 0.3) is 0 Å². The quantitative estimate of drug-likeness (QED) is 0.859. The number of aromatic nitrogens is 1. The van der Waals surface area contributed by atoms with E-state index in [1.165, 1.54) is 0 Å². The van der Waals surface area contributed by atoms with Gasteiger partial charge in [-0.15, -0.1) is 0 Å². The van der Waals surface area contributed by atoms with Crippen LogP contribution in [0.3, 0.4) is 0 Å². The lowest BCUT2D eigenvalue weighted by molar-refractivity contribution is -0.132. The second kappa shape index (κ2) is 6.90. The van der Waals surface area contributed by atoms with Gasteiger partial charge in [-0.25, -0.2) is 9.78 Å². The molecule has 1 aliphatic heterocycles. The molecule has 128 valence electrons. The molecule has 0 spiro atoms. The van der Waals surface area contributed by atoms with Crippen LogP contribution in [0.5, 0.6) is 0 Å². The van der Waals surface area contributed by atoms with E-state index in [0.29, 0.717) is 50.7 Å². The number of rotatable bonds is 3. The third-order valence-corrected chi connectivity index (χ3v) is 4.07. The number of hydrogen-bond acceptors (Lipinski definition) is 5. The van der Waals surface area contributed by atoms with E-state index < -0.39 is 0 Å². The molecular formula is C17H21N3O4. The third kappa shape index (κ3) is 3.50. The van der Waals surface area contributed by atoms with E-state index in [4.69, 9.17) is 9.15 Å². The molecule has 24 heavy (non-hydrogen) atoms. The van der Waals surface area contributed by atoms with Gasteiger partial charge in [-0.05, 0) is 24.6 Å². The fourth-order valence-electron chi connectivity index (χ4n) is 2.83. The maximum Gasteiger partial charge on any atom is 0.409 e. The minimum Gasteiger partial charge on any atom is -0.450 e. The van der Waals surface area contributed by atoms with Crippen LogP contribution in [0.15, 0.2) is 22.6 Å². The van der Waals surface area contributed by atoms with Gasteiger partial charge < -0.3 is 19.0 Å². The highest BCUT2D eigenvalue weighted by Crippen LogP contribution is 2.18. The summed E-state index contributed by atoms with van der Waals surface area (Å²) < 4.78 is 10.5. The van der Waals surface area contributed by atoms with Gasteiger partial charge in [-0.3, -0.25) is 4.79 Å². The third-order valence-electron chi connectivity index (χ3n) is 4.07. The highest BCUT2D eigenvalue weighted by molar-refractivity contribution is 5.81. The van der Waals surface area contributed by atoms with Crippen molar-refractivity contribution in [2.75, 3.05) is 32.8 Å². The van der Waals surface area contributed by atoms with Crippen LogP contribution in [0.1, 0.15) is 18.4 Å².